The van der Waals surface area contributed by atoms with Crippen molar-refractivity contribution in [2.24, 2.45) is 0 Å². The third-order valence-electron chi connectivity index (χ3n) is 2.28. The Kier molecular flexibility index (Phi) is 2.82. The summed E-state index contributed by atoms with van der Waals surface area (Å²) in [5, 5.41) is 0.638. The fraction of sp³-hybridized carbons (Fsp3) is 0.364. The zero-order chi connectivity index (χ0) is 10.8. The van der Waals surface area contributed by atoms with Crippen LogP contribution < -0.4 is 4.74 Å². The van der Waals surface area contributed by atoms with Gasteiger partial charge in [-0.05, 0) is 19.1 Å². The van der Waals surface area contributed by atoms with Gasteiger partial charge >= 0.3 is 5.97 Å². The smallest absolute Gasteiger partial charge is 0.347 e. The Balaban J connectivity index is 2.15. The molecule has 3 nitrogen and oxygen atoms in total. The number of hydrogen-bond acceptors (Lipinski definition) is 3. The van der Waals surface area contributed by atoms with Crippen LogP contribution in [-0.4, -0.2) is 18.7 Å². The van der Waals surface area contributed by atoms with Crippen LogP contribution in [0.5, 0.6) is 5.75 Å². The third-order valence-corrected chi connectivity index (χ3v) is 2.64. The lowest BCUT2D eigenvalue weighted by Crippen LogP contribution is -2.27. The molecule has 0 spiro atoms. The minimum atomic E-state index is -0.542. The van der Waals surface area contributed by atoms with Crippen LogP contribution in [0.4, 0.5) is 0 Å². The molecule has 1 unspecified atom stereocenters. The number of rotatable bonds is 2. The van der Waals surface area contributed by atoms with Gasteiger partial charge in [0.05, 0.1) is 6.61 Å². The molecule has 0 amide bonds. The second kappa shape index (κ2) is 4.11. The molecule has 80 valence electrons. The second-order valence-electron chi connectivity index (χ2n) is 3.28. The van der Waals surface area contributed by atoms with Gasteiger partial charge in [-0.3, -0.25) is 0 Å². The Labute approximate surface area is 92.9 Å². The van der Waals surface area contributed by atoms with E-state index in [4.69, 9.17) is 21.1 Å². The minimum Gasteiger partial charge on any atom is -0.478 e. The summed E-state index contributed by atoms with van der Waals surface area (Å²) in [6.45, 7) is 2.13. The van der Waals surface area contributed by atoms with Crippen molar-refractivity contribution >= 4 is 17.6 Å². The van der Waals surface area contributed by atoms with E-state index in [0.29, 0.717) is 23.8 Å². The van der Waals surface area contributed by atoms with Crippen molar-refractivity contribution in [3.05, 3.63) is 28.8 Å². The predicted octanol–water partition coefficient (Wildman–Crippen LogP) is 2.21. The van der Waals surface area contributed by atoms with Gasteiger partial charge in [-0.1, -0.05) is 17.7 Å². The van der Waals surface area contributed by atoms with Crippen molar-refractivity contribution in [3.63, 3.8) is 0 Å². The van der Waals surface area contributed by atoms with Crippen LogP contribution >= 0.6 is 11.6 Å². The molecular weight excluding hydrogens is 216 g/mol. The molecule has 0 saturated carbocycles. The molecule has 0 bridgehead atoms. The van der Waals surface area contributed by atoms with E-state index in [0.717, 1.165) is 5.56 Å². The minimum absolute atomic E-state index is 0.329. The van der Waals surface area contributed by atoms with Crippen molar-refractivity contribution in [2.75, 3.05) is 6.61 Å². The quantitative estimate of drug-likeness (QED) is 0.726. The maximum absolute atomic E-state index is 11.4. The van der Waals surface area contributed by atoms with Gasteiger partial charge in [0.25, 0.3) is 0 Å². The van der Waals surface area contributed by atoms with Crippen LogP contribution in [0, 0.1) is 0 Å². The fourth-order valence-corrected chi connectivity index (χ4v) is 1.84. The van der Waals surface area contributed by atoms with Crippen LogP contribution in [-0.2, 0) is 16.0 Å². The highest BCUT2D eigenvalue weighted by Gasteiger charge is 2.31. The van der Waals surface area contributed by atoms with Crippen LogP contribution in [0.25, 0.3) is 0 Å². The first-order valence-corrected chi connectivity index (χ1v) is 5.21. The Bertz CT molecular complexity index is 389. The average molecular weight is 227 g/mol. The Morgan fingerprint density at radius 1 is 1.67 bits per heavy atom. The zero-order valence-corrected chi connectivity index (χ0v) is 9.08. The van der Waals surface area contributed by atoms with Crippen LogP contribution in [0.3, 0.4) is 0 Å². The van der Waals surface area contributed by atoms with E-state index in [1.807, 2.05) is 0 Å². The van der Waals surface area contributed by atoms with Crippen molar-refractivity contribution < 1.29 is 14.3 Å². The van der Waals surface area contributed by atoms with Crippen molar-refractivity contribution in [1.82, 2.24) is 0 Å². The molecule has 1 aliphatic rings. The van der Waals surface area contributed by atoms with Crippen LogP contribution in [0.15, 0.2) is 18.2 Å². The molecular formula is C11H11ClO3. The van der Waals surface area contributed by atoms with Gasteiger partial charge in [0.1, 0.15) is 5.75 Å². The molecule has 0 saturated heterocycles. The number of benzene rings is 1. The summed E-state index contributed by atoms with van der Waals surface area (Å²) in [5.41, 5.74) is 0.886. The molecule has 0 N–H and O–H groups in total. The van der Waals surface area contributed by atoms with Gasteiger partial charge in [-0.15, -0.1) is 0 Å². The summed E-state index contributed by atoms with van der Waals surface area (Å²) >= 11 is 5.98. The first kappa shape index (κ1) is 10.3. The summed E-state index contributed by atoms with van der Waals surface area (Å²) in [6.07, 6.45) is -0.0479. The maximum Gasteiger partial charge on any atom is 0.347 e. The number of fused-ring (bicyclic) bond motifs is 1. The lowest BCUT2D eigenvalue weighted by Gasteiger charge is -2.08. The number of ether oxygens (including phenoxy) is 2. The average Bonchev–Trinajstić information content (AvgIpc) is 2.63. The van der Waals surface area contributed by atoms with E-state index < -0.39 is 6.10 Å². The SMILES string of the molecule is CCOC(=O)C1Cc2c(Cl)cccc2O1. The molecule has 1 atom stereocenters. The Morgan fingerprint density at radius 2 is 2.47 bits per heavy atom. The summed E-state index contributed by atoms with van der Waals surface area (Å²) in [4.78, 5) is 11.4. The third kappa shape index (κ3) is 1.92. The van der Waals surface area contributed by atoms with E-state index in [1.165, 1.54) is 0 Å². The van der Waals surface area contributed by atoms with Crippen LogP contribution in [0.2, 0.25) is 5.02 Å². The number of halogens is 1. The Morgan fingerprint density at radius 3 is 3.13 bits per heavy atom. The molecule has 1 aromatic carbocycles. The topological polar surface area (TPSA) is 35.5 Å². The zero-order valence-electron chi connectivity index (χ0n) is 8.33. The lowest BCUT2D eigenvalue weighted by molar-refractivity contribution is -0.150. The molecule has 1 aliphatic heterocycles. The van der Waals surface area contributed by atoms with Gasteiger partial charge in [0.15, 0.2) is 6.10 Å². The highest BCUT2D eigenvalue weighted by atomic mass is 35.5. The second-order valence-corrected chi connectivity index (χ2v) is 3.69. The number of esters is 1. The first-order valence-electron chi connectivity index (χ1n) is 4.83. The summed E-state index contributed by atoms with van der Waals surface area (Å²) < 4.78 is 10.3. The van der Waals surface area contributed by atoms with Crippen molar-refractivity contribution in [3.8, 4) is 5.75 Å². The molecule has 1 aromatic rings. The lowest BCUT2D eigenvalue weighted by atomic mass is 10.1. The monoisotopic (exact) mass is 226 g/mol. The number of hydrogen-bond donors (Lipinski definition) is 0. The van der Waals surface area contributed by atoms with E-state index in [9.17, 15) is 4.79 Å². The molecule has 2 rings (SSSR count). The highest BCUT2D eigenvalue weighted by Crippen LogP contribution is 2.34. The molecule has 1 heterocycles. The molecule has 0 radical (unpaired) electrons. The summed E-state index contributed by atoms with van der Waals surface area (Å²) in [5.74, 6) is 0.352. The van der Waals surface area contributed by atoms with Crippen LogP contribution in [0.1, 0.15) is 12.5 Å². The van der Waals surface area contributed by atoms with E-state index in [-0.39, 0.29) is 5.97 Å². The number of carbonyl (C=O) groups excluding carboxylic acids is 1. The fourth-order valence-electron chi connectivity index (χ4n) is 1.59. The highest BCUT2D eigenvalue weighted by molar-refractivity contribution is 6.31. The molecule has 0 fully saturated rings. The van der Waals surface area contributed by atoms with Gasteiger partial charge < -0.3 is 9.47 Å². The largest absolute Gasteiger partial charge is 0.478 e. The molecule has 0 aliphatic carbocycles. The van der Waals surface area contributed by atoms with E-state index in [2.05, 4.69) is 0 Å². The number of carbonyl (C=O) groups is 1. The first-order chi connectivity index (χ1) is 7.22. The standard InChI is InChI=1S/C11H11ClO3/c1-2-14-11(13)10-6-7-8(12)4-3-5-9(7)15-10/h3-5,10H,2,6H2,1H3. The maximum atomic E-state index is 11.4. The summed E-state index contributed by atoms with van der Waals surface area (Å²) in [6, 6.07) is 5.40. The van der Waals surface area contributed by atoms with Crippen molar-refractivity contribution in [2.45, 2.75) is 19.4 Å². The Hall–Kier alpha value is -1.22. The van der Waals surface area contributed by atoms with E-state index in [1.54, 1.807) is 25.1 Å². The van der Waals surface area contributed by atoms with Gasteiger partial charge in [0, 0.05) is 17.0 Å². The summed E-state index contributed by atoms with van der Waals surface area (Å²) in [7, 11) is 0. The predicted molar refractivity (Wildman–Crippen MR) is 56.2 cm³/mol. The van der Waals surface area contributed by atoms with Crippen molar-refractivity contribution in [1.29, 1.82) is 0 Å². The normalized spacial score (nSPS) is 18.1. The molecule has 0 aromatic heterocycles. The van der Waals surface area contributed by atoms with E-state index >= 15 is 0 Å². The van der Waals surface area contributed by atoms with Gasteiger partial charge in [0.2, 0.25) is 0 Å². The molecule has 4 heteroatoms. The van der Waals surface area contributed by atoms with Gasteiger partial charge in [-0.25, -0.2) is 4.79 Å². The van der Waals surface area contributed by atoms with Gasteiger partial charge in [-0.2, -0.15) is 0 Å². The molecule has 15 heavy (non-hydrogen) atoms.